The lowest BCUT2D eigenvalue weighted by Gasteiger charge is -2.12. The van der Waals surface area contributed by atoms with E-state index in [2.05, 4.69) is 50.4 Å². The van der Waals surface area contributed by atoms with E-state index in [4.69, 9.17) is 9.72 Å². The number of carbonyl (C=O) groups excluding carboxylic acids is 1. The van der Waals surface area contributed by atoms with Crippen LogP contribution in [-0.4, -0.2) is 34.5 Å². The first-order chi connectivity index (χ1) is 13.5. The van der Waals surface area contributed by atoms with Crippen molar-refractivity contribution in [1.29, 1.82) is 0 Å². The van der Waals surface area contributed by atoms with Gasteiger partial charge >= 0.3 is 0 Å². The lowest BCUT2D eigenvalue weighted by Crippen LogP contribution is -2.33. The molecule has 28 heavy (non-hydrogen) atoms. The Balaban J connectivity index is 1.66. The Morgan fingerprint density at radius 1 is 1.21 bits per heavy atom. The third-order valence-corrected chi connectivity index (χ3v) is 5.54. The molecule has 1 fully saturated rings. The average molecular weight is 377 g/mol. The first-order valence-electron chi connectivity index (χ1n) is 9.95. The van der Waals surface area contributed by atoms with Gasteiger partial charge in [0, 0.05) is 24.9 Å². The van der Waals surface area contributed by atoms with Crippen LogP contribution in [0.1, 0.15) is 35.2 Å². The molecule has 146 valence electrons. The second kappa shape index (κ2) is 7.76. The zero-order chi connectivity index (χ0) is 19.7. The number of hydrogen-bond acceptors (Lipinski definition) is 3. The van der Waals surface area contributed by atoms with Crippen molar-refractivity contribution in [1.82, 2.24) is 14.7 Å². The molecule has 0 bridgehead atoms. The maximum atomic E-state index is 12.7. The van der Waals surface area contributed by atoms with Gasteiger partial charge in [-0.25, -0.2) is 4.98 Å². The highest BCUT2D eigenvalue weighted by Gasteiger charge is 2.20. The number of nitrogens with zero attached hydrogens (tertiary/aromatic N) is 2. The maximum absolute atomic E-state index is 12.7. The summed E-state index contributed by atoms with van der Waals surface area (Å²) in [6.45, 7) is 7.63. The lowest BCUT2D eigenvalue weighted by molar-refractivity contribution is -0.121. The molecule has 1 unspecified atom stereocenters. The van der Waals surface area contributed by atoms with Gasteiger partial charge in [0.2, 0.25) is 5.91 Å². The summed E-state index contributed by atoms with van der Waals surface area (Å²) in [5, 5.41) is 3.03. The van der Waals surface area contributed by atoms with Crippen LogP contribution in [0.2, 0.25) is 0 Å². The van der Waals surface area contributed by atoms with Crippen LogP contribution < -0.4 is 5.32 Å². The number of aromatic nitrogens is 2. The van der Waals surface area contributed by atoms with Crippen molar-refractivity contribution in [2.75, 3.05) is 13.2 Å². The number of benzene rings is 1. The molecule has 1 amide bonds. The van der Waals surface area contributed by atoms with Gasteiger partial charge in [-0.05, 0) is 68.5 Å². The Hall–Kier alpha value is -2.66. The smallest absolute Gasteiger partial charge is 0.226 e. The summed E-state index contributed by atoms with van der Waals surface area (Å²) >= 11 is 0. The number of hydrogen-bond donors (Lipinski definition) is 1. The van der Waals surface area contributed by atoms with Crippen LogP contribution in [0.25, 0.3) is 16.9 Å². The molecule has 4 rings (SSSR count). The van der Waals surface area contributed by atoms with Gasteiger partial charge in [0.1, 0.15) is 5.65 Å². The number of fused-ring (bicyclic) bond motifs is 1. The standard InChI is InChI=1S/C23H27N3O2/c1-15-8-9-26-20(13-22(27)24-14-19-5-4-10-28-19)23(25-21(26)11-15)18-7-6-16(2)17(3)12-18/h6-9,11-12,19H,4-5,10,13-14H2,1-3H3,(H,24,27). The van der Waals surface area contributed by atoms with Gasteiger partial charge in [-0.2, -0.15) is 0 Å². The second-order valence-electron chi connectivity index (χ2n) is 7.75. The van der Waals surface area contributed by atoms with Crippen molar-refractivity contribution >= 4 is 11.6 Å². The maximum Gasteiger partial charge on any atom is 0.226 e. The van der Waals surface area contributed by atoms with E-state index in [-0.39, 0.29) is 12.0 Å². The monoisotopic (exact) mass is 377 g/mol. The predicted octanol–water partition coefficient (Wildman–Crippen LogP) is 3.76. The summed E-state index contributed by atoms with van der Waals surface area (Å²) in [6, 6.07) is 10.5. The number of pyridine rings is 1. The Labute approximate surface area is 165 Å². The molecular weight excluding hydrogens is 350 g/mol. The largest absolute Gasteiger partial charge is 0.376 e. The van der Waals surface area contributed by atoms with Crippen molar-refractivity contribution in [3.05, 3.63) is 58.9 Å². The zero-order valence-electron chi connectivity index (χ0n) is 16.8. The van der Waals surface area contributed by atoms with Crippen LogP contribution in [0.3, 0.4) is 0 Å². The fourth-order valence-electron chi connectivity index (χ4n) is 3.73. The molecule has 5 heteroatoms. The first kappa shape index (κ1) is 18.7. The van der Waals surface area contributed by atoms with Crippen LogP contribution in [0.5, 0.6) is 0 Å². The van der Waals surface area contributed by atoms with Crippen molar-refractivity contribution in [3.63, 3.8) is 0 Å². The molecule has 1 saturated heterocycles. The molecule has 0 aliphatic carbocycles. The quantitative estimate of drug-likeness (QED) is 0.736. The second-order valence-corrected chi connectivity index (χ2v) is 7.75. The van der Waals surface area contributed by atoms with Crippen LogP contribution in [0.4, 0.5) is 0 Å². The number of ether oxygens (including phenoxy) is 1. The van der Waals surface area contributed by atoms with Crippen molar-refractivity contribution in [2.24, 2.45) is 0 Å². The third kappa shape index (κ3) is 3.80. The normalized spacial score (nSPS) is 16.6. The molecule has 0 spiro atoms. The van der Waals surface area contributed by atoms with Gasteiger partial charge in [-0.15, -0.1) is 0 Å². The Morgan fingerprint density at radius 2 is 2.07 bits per heavy atom. The van der Waals surface area contributed by atoms with E-state index < -0.39 is 0 Å². The van der Waals surface area contributed by atoms with Gasteiger partial charge in [-0.3, -0.25) is 4.79 Å². The third-order valence-electron chi connectivity index (χ3n) is 5.54. The number of rotatable bonds is 5. The molecule has 1 atom stereocenters. The summed E-state index contributed by atoms with van der Waals surface area (Å²) < 4.78 is 7.64. The van der Waals surface area contributed by atoms with Crippen LogP contribution >= 0.6 is 0 Å². The van der Waals surface area contributed by atoms with Crippen LogP contribution in [0, 0.1) is 20.8 Å². The summed E-state index contributed by atoms with van der Waals surface area (Å²) in [4.78, 5) is 17.5. The summed E-state index contributed by atoms with van der Waals surface area (Å²) in [6.07, 6.45) is 4.53. The highest BCUT2D eigenvalue weighted by Crippen LogP contribution is 2.27. The van der Waals surface area contributed by atoms with Crippen LogP contribution in [-0.2, 0) is 16.0 Å². The molecule has 3 aromatic rings. The predicted molar refractivity (Wildman–Crippen MR) is 111 cm³/mol. The molecular formula is C23H27N3O2. The Kier molecular flexibility index (Phi) is 5.18. The summed E-state index contributed by atoms with van der Waals surface area (Å²) in [5.74, 6) is 0.00274. The van der Waals surface area contributed by atoms with E-state index in [1.165, 1.54) is 11.1 Å². The molecule has 1 N–H and O–H groups in total. The van der Waals surface area contributed by atoms with Gasteiger partial charge in [-0.1, -0.05) is 12.1 Å². The molecule has 0 saturated carbocycles. The van der Waals surface area contributed by atoms with Gasteiger partial charge in [0.05, 0.1) is 23.9 Å². The Morgan fingerprint density at radius 3 is 2.82 bits per heavy atom. The summed E-state index contributed by atoms with van der Waals surface area (Å²) in [5.41, 5.74) is 7.34. The van der Waals surface area contributed by atoms with Gasteiger partial charge < -0.3 is 14.5 Å². The fraction of sp³-hybridized carbons (Fsp3) is 0.391. The number of aryl methyl sites for hydroxylation is 3. The van der Waals surface area contributed by atoms with E-state index in [1.54, 1.807) is 0 Å². The SMILES string of the molecule is Cc1ccn2c(CC(=O)NCC3CCCO3)c(-c3ccc(C)c(C)c3)nc2c1. The first-order valence-corrected chi connectivity index (χ1v) is 9.95. The average Bonchev–Trinajstić information content (AvgIpc) is 3.30. The van der Waals surface area contributed by atoms with E-state index in [0.717, 1.165) is 47.6 Å². The highest BCUT2D eigenvalue weighted by atomic mass is 16.5. The minimum absolute atomic E-state index is 0.00274. The molecule has 1 aliphatic rings. The van der Waals surface area contributed by atoms with Crippen molar-refractivity contribution < 1.29 is 9.53 Å². The van der Waals surface area contributed by atoms with Crippen LogP contribution in [0.15, 0.2) is 36.5 Å². The molecule has 3 heterocycles. The van der Waals surface area contributed by atoms with E-state index in [0.29, 0.717) is 13.0 Å². The van der Waals surface area contributed by atoms with E-state index in [1.807, 2.05) is 16.7 Å². The number of nitrogens with one attached hydrogen (secondary N) is 1. The fourth-order valence-corrected chi connectivity index (χ4v) is 3.73. The summed E-state index contributed by atoms with van der Waals surface area (Å²) in [7, 11) is 0. The topological polar surface area (TPSA) is 55.6 Å². The molecule has 1 aromatic carbocycles. The van der Waals surface area contributed by atoms with Crippen molar-refractivity contribution in [2.45, 2.75) is 46.1 Å². The zero-order valence-corrected chi connectivity index (χ0v) is 16.8. The lowest BCUT2D eigenvalue weighted by atomic mass is 10.0. The molecule has 1 aliphatic heterocycles. The van der Waals surface area contributed by atoms with Gasteiger partial charge in [0.15, 0.2) is 0 Å². The van der Waals surface area contributed by atoms with Crippen molar-refractivity contribution in [3.8, 4) is 11.3 Å². The Bertz CT molecular complexity index is 1020. The van der Waals surface area contributed by atoms with E-state index in [9.17, 15) is 4.79 Å². The minimum Gasteiger partial charge on any atom is -0.376 e. The minimum atomic E-state index is 0.00274. The molecule has 0 radical (unpaired) electrons. The van der Waals surface area contributed by atoms with Gasteiger partial charge in [0.25, 0.3) is 0 Å². The number of amides is 1. The van der Waals surface area contributed by atoms with E-state index >= 15 is 0 Å². The highest BCUT2D eigenvalue weighted by molar-refractivity contribution is 5.81. The number of carbonyl (C=O) groups is 1. The molecule has 2 aromatic heterocycles. The molecule has 5 nitrogen and oxygen atoms in total. The number of imidazole rings is 1.